The topological polar surface area (TPSA) is 44.8 Å². The lowest BCUT2D eigenvalue weighted by atomic mass is 10.0. The maximum Gasteiger partial charge on any atom is 0.185 e. The molecule has 4 nitrogen and oxygen atoms in total. The van der Waals surface area contributed by atoms with Crippen LogP contribution in [0.25, 0.3) is 18.2 Å². The maximum absolute atomic E-state index is 12.7. The molecule has 0 bridgehead atoms. The third-order valence-corrected chi connectivity index (χ3v) is 5.41. The molecule has 0 heterocycles. The fourth-order valence-corrected chi connectivity index (χ4v) is 3.47. The van der Waals surface area contributed by atoms with Crippen molar-refractivity contribution in [3.05, 3.63) is 94.6 Å². The second kappa shape index (κ2) is 12.4. The number of methoxy groups -OCH3 is 2. The molecule has 3 aromatic rings. The zero-order valence-electron chi connectivity index (χ0n) is 20.3. The smallest absolute Gasteiger partial charge is 0.185 e. The van der Waals surface area contributed by atoms with E-state index >= 15 is 0 Å². The number of aryl methyl sites for hydroxylation is 1. The largest absolute Gasteiger partial charge is 0.497 e. The minimum absolute atomic E-state index is 0.0600. The van der Waals surface area contributed by atoms with E-state index in [0.29, 0.717) is 17.1 Å². The number of unbranched alkanes of at least 4 members (excludes halogenated alkanes) is 1. The van der Waals surface area contributed by atoms with Crippen molar-refractivity contribution in [1.82, 2.24) is 0 Å². The van der Waals surface area contributed by atoms with Crippen molar-refractivity contribution in [2.24, 2.45) is 0 Å². The van der Waals surface area contributed by atoms with Gasteiger partial charge < -0.3 is 14.2 Å². The van der Waals surface area contributed by atoms with Crippen molar-refractivity contribution in [1.29, 1.82) is 0 Å². The third-order valence-electron chi connectivity index (χ3n) is 5.41. The number of carbonyl (C=O) groups excluding carboxylic acids is 1. The molecule has 0 aromatic heterocycles. The molecule has 0 radical (unpaired) electrons. The number of ether oxygens (including phenoxy) is 3. The molecule has 3 rings (SSSR count). The minimum Gasteiger partial charge on any atom is -0.497 e. The lowest BCUT2D eigenvalue weighted by Gasteiger charge is -2.12. The van der Waals surface area contributed by atoms with Gasteiger partial charge in [-0.1, -0.05) is 61.4 Å². The average Bonchev–Trinajstić information content (AvgIpc) is 2.86. The van der Waals surface area contributed by atoms with Crippen LogP contribution >= 0.6 is 0 Å². The Bertz CT molecular complexity index is 1160. The summed E-state index contributed by atoms with van der Waals surface area (Å²) in [6.45, 7) is 4.85. The van der Waals surface area contributed by atoms with Gasteiger partial charge in [0.25, 0.3) is 0 Å². The average molecular weight is 457 g/mol. The van der Waals surface area contributed by atoms with Crippen LogP contribution in [-0.2, 0) is 0 Å². The molecule has 4 heteroatoms. The Kier molecular flexibility index (Phi) is 9.10. The van der Waals surface area contributed by atoms with Gasteiger partial charge >= 0.3 is 0 Å². The second-order valence-corrected chi connectivity index (χ2v) is 8.00. The summed E-state index contributed by atoms with van der Waals surface area (Å²) in [4.78, 5) is 12.7. The number of hydrogen-bond acceptors (Lipinski definition) is 4. The summed E-state index contributed by atoms with van der Waals surface area (Å²) in [5, 5.41) is 0. The molecule has 0 unspecified atom stereocenters. The molecule has 34 heavy (non-hydrogen) atoms. The maximum atomic E-state index is 12.7. The van der Waals surface area contributed by atoms with Crippen LogP contribution in [0.3, 0.4) is 0 Å². The third kappa shape index (κ3) is 6.85. The first-order chi connectivity index (χ1) is 16.5. The Morgan fingerprint density at radius 3 is 2.35 bits per heavy atom. The first-order valence-electron chi connectivity index (χ1n) is 11.5. The fraction of sp³-hybridized carbons (Fsp3) is 0.233. The van der Waals surface area contributed by atoms with Gasteiger partial charge in [-0.2, -0.15) is 0 Å². The van der Waals surface area contributed by atoms with E-state index < -0.39 is 0 Å². The zero-order chi connectivity index (χ0) is 24.3. The molecule has 176 valence electrons. The Balaban J connectivity index is 1.88. The molecule has 0 atom stereocenters. The van der Waals surface area contributed by atoms with Crippen LogP contribution in [0, 0.1) is 6.92 Å². The van der Waals surface area contributed by atoms with Gasteiger partial charge in [0, 0.05) is 17.2 Å². The first-order valence-corrected chi connectivity index (χ1v) is 11.5. The quantitative estimate of drug-likeness (QED) is 0.132. The first kappa shape index (κ1) is 24.8. The summed E-state index contributed by atoms with van der Waals surface area (Å²) in [6, 6.07) is 19.3. The van der Waals surface area contributed by atoms with E-state index in [1.807, 2.05) is 79.7 Å². The molecule has 0 amide bonds. The van der Waals surface area contributed by atoms with E-state index in [2.05, 4.69) is 6.92 Å². The van der Waals surface area contributed by atoms with Gasteiger partial charge in [-0.25, -0.2) is 0 Å². The van der Waals surface area contributed by atoms with Gasteiger partial charge in [0.05, 0.1) is 20.8 Å². The van der Waals surface area contributed by atoms with Crippen molar-refractivity contribution >= 4 is 24.0 Å². The molecular weight excluding hydrogens is 424 g/mol. The highest BCUT2D eigenvalue weighted by Gasteiger charge is 2.10. The van der Waals surface area contributed by atoms with Crippen molar-refractivity contribution in [2.75, 3.05) is 20.8 Å². The number of hydrogen-bond donors (Lipinski definition) is 0. The molecule has 0 saturated carbocycles. The van der Waals surface area contributed by atoms with E-state index in [1.54, 1.807) is 26.4 Å². The SMILES string of the molecule is CCCCOc1ccc(/C=C/c2cc(OC)cc(OC)c2/C=C/C(=O)c2cccc(C)c2)cc1. The Morgan fingerprint density at radius 1 is 0.882 bits per heavy atom. The Hall–Kier alpha value is -3.79. The minimum atomic E-state index is -0.0600. The summed E-state index contributed by atoms with van der Waals surface area (Å²) in [5.74, 6) is 2.12. The van der Waals surface area contributed by atoms with E-state index in [1.165, 1.54) is 0 Å². The van der Waals surface area contributed by atoms with Crippen LogP contribution in [0.4, 0.5) is 0 Å². The van der Waals surface area contributed by atoms with Gasteiger partial charge in [-0.15, -0.1) is 0 Å². The highest BCUT2D eigenvalue weighted by molar-refractivity contribution is 6.07. The van der Waals surface area contributed by atoms with Gasteiger partial charge in [-0.3, -0.25) is 4.79 Å². The normalized spacial score (nSPS) is 11.2. The summed E-state index contributed by atoms with van der Waals surface area (Å²) < 4.78 is 16.8. The molecule has 3 aromatic carbocycles. The molecule has 0 aliphatic carbocycles. The van der Waals surface area contributed by atoms with Gasteiger partial charge in [0.15, 0.2) is 5.78 Å². The molecular formula is C30H32O4. The van der Waals surface area contributed by atoms with Crippen LogP contribution in [0.15, 0.2) is 66.7 Å². The molecule has 0 N–H and O–H groups in total. The van der Waals surface area contributed by atoms with Gasteiger partial charge in [0.1, 0.15) is 17.2 Å². The standard InChI is InChI=1S/C30H32O4/c1-5-6-18-34-26-14-11-23(12-15-26)10-13-24-20-27(32-3)21-30(33-4)28(24)16-17-29(31)25-9-7-8-22(2)19-25/h7-17,19-21H,5-6,18H2,1-4H3/b13-10+,17-16+. The molecule has 0 spiro atoms. The van der Waals surface area contributed by atoms with Crippen LogP contribution in [0.2, 0.25) is 0 Å². The summed E-state index contributed by atoms with van der Waals surface area (Å²) >= 11 is 0. The number of carbonyl (C=O) groups is 1. The van der Waals surface area contributed by atoms with Crippen molar-refractivity contribution in [3.63, 3.8) is 0 Å². The lowest BCUT2D eigenvalue weighted by Crippen LogP contribution is -1.96. The summed E-state index contributed by atoms with van der Waals surface area (Å²) in [6.07, 6.45) is 9.55. The number of allylic oxidation sites excluding steroid dienone is 1. The van der Waals surface area contributed by atoms with Gasteiger partial charge in [-0.05, 0) is 60.9 Å². The van der Waals surface area contributed by atoms with E-state index in [0.717, 1.165) is 47.5 Å². The molecule has 0 aliphatic heterocycles. The second-order valence-electron chi connectivity index (χ2n) is 8.00. The highest BCUT2D eigenvalue weighted by atomic mass is 16.5. The van der Waals surface area contributed by atoms with Crippen LogP contribution in [0.1, 0.15) is 52.4 Å². The van der Waals surface area contributed by atoms with Crippen LogP contribution in [-0.4, -0.2) is 26.6 Å². The van der Waals surface area contributed by atoms with Crippen LogP contribution < -0.4 is 14.2 Å². The monoisotopic (exact) mass is 456 g/mol. The van der Waals surface area contributed by atoms with Crippen molar-refractivity contribution < 1.29 is 19.0 Å². The molecule has 0 saturated heterocycles. The van der Waals surface area contributed by atoms with Gasteiger partial charge in [0.2, 0.25) is 0 Å². The van der Waals surface area contributed by atoms with Crippen molar-refractivity contribution in [3.8, 4) is 17.2 Å². The number of benzene rings is 3. The van der Waals surface area contributed by atoms with Crippen LogP contribution in [0.5, 0.6) is 17.2 Å². The highest BCUT2D eigenvalue weighted by Crippen LogP contribution is 2.31. The molecule has 0 fully saturated rings. The predicted molar refractivity (Wildman–Crippen MR) is 140 cm³/mol. The Morgan fingerprint density at radius 2 is 1.68 bits per heavy atom. The fourth-order valence-electron chi connectivity index (χ4n) is 3.47. The summed E-state index contributed by atoms with van der Waals surface area (Å²) in [7, 11) is 3.23. The summed E-state index contributed by atoms with van der Waals surface area (Å²) in [5.41, 5.74) is 4.43. The van der Waals surface area contributed by atoms with E-state index in [9.17, 15) is 4.79 Å². The van der Waals surface area contributed by atoms with Crippen molar-refractivity contribution in [2.45, 2.75) is 26.7 Å². The molecule has 0 aliphatic rings. The number of rotatable bonds is 11. The lowest BCUT2D eigenvalue weighted by molar-refractivity contribution is 0.104. The van der Waals surface area contributed by atoms with E-state index in [4.69, 9.17) is 14.2 Å². The Labute approximate surface area is 202 Å². The zero-order valence-corrected chi connectivity index (χ0v) is 20.3. The number of ketones is 1. The van der Waals surface area contributed by atoms with E-state index in [-0.39, 0.29) is 5.78 Å². The predicted octanol–water partition coefficient (Wildman–Crippen LogP) is 7.26.